The fourth-order valence-corrected chi connectivity index (χ4v) is 4.02. The summed E-state index contributed by atoms with van der Waals surface area (Å²) in [5, 5.41) is 6.72. The molecule has 2 atom stereocenters. The lowest BCUT2D eigenvalue weighted by molar-refractivity contribution is 0.134. The average Bonchev–Trinajstić information content (AvgIpc) is 2.65. The molecule has 0 amide bonds. The lowest BCUT2D eigenvalue weighted by Crippen LogP contribution is -2.51. The Morgan fingerprint density at radius 2 is 2.00 bits per heavy atom. The molecule has 0 aromatic heterocycles. The minimum absolute atomic E-state index is 0.103. The summed E-state index contributed by atoms with van der Waals surface area (Å²) in [6.07, 6.45) is 2.10. The van der Waals surface area contributed by atoms with Crippen LogP contribution in [0.15, 0.2) is 35.3 Å². The van der Waals surface area contributed by atoms with Crippen LogP contribution < -0.4 is 10.6 Å². The van der Waals surface area contributed by atoms with E-state index in [0.717, 1.165) is 38.4 Å². The number of hydrogen-bond donors (Lipinski definition) is 2. The zero-order valence-corrected chi connectivity index (χ0v) is 17.6. The van der Waals surface area contributed by atoms with Crippen LogP contribution in [-0.2, 0) is 16.4 Å². The molecular formula is C20H34N4O2S. The van der Waals surface area contributed by atoms with E-state index < -0.39 is 9.84 Å². The Bertz CT molecular complexity index is 691. The van der Waals surface area contributed by atoms with Gasteiger partial charge in [-0.1, -0.05) is 37.3 Å². The van der Waals surface area contributed by atoms with Gasteiger partial charge in [0.1, 0.15) is 0 Å². The lowest BCUT2D eigenvalue weighted by atomic mass is 9.97. The molecule has 27 heavy (non-hydrogen) atoms. The largest absolute Gasteiger partial charge is 0.357 e. The summed E-state index contributed by atoms with van der Waals surface area (Å²) in [6, 6.07) is 11.4. The van der Waals surface area contributed by atoms with Gasteiger partial charge in [0.05, 0.1) is 12.3 Å². The number of nitrogens with zero attached hydrogens (tertiary/aromatic N) is 2. The molecule has 1 aromatic carbocycles. The standard InChI is InChI=1S/C20H34N4O2S/c1-4-21-20(22-12-14-27(25,26)5-2)23-19-11-13-24(17(3)15-19)16-18-9-7-6-8-10-18/h6-10,17,19H,4-5,11-16H2,1-3H3,(H2,21,22,23). The Kier molecular flexibility index (Phi) is 8.57. The summed E-state index contributed by atoms with van der Waals surface area (Å²) < 4.78 is 23.3. The molecule has 0 aliphatic carbocycles. The number of guanidine groups is 1. The molecule has 0 bridgehead atoms. The summed E-state index contributed by atoms with van der Waals surface area (Å²) in [6.45, 7) is 9.05. The minimum atomic E-state index is -2.98. The maximum Gasteiger partial charge on any atom is 0.191 e. The molecule has 1 aliphatic rings. The second-order valence-electron chi connectivity index (χ2n) is 7.17. The smallest absolute Gasteiger partial charge is 0.191 e. The number of hydrogen-bond acceptors (Lipinski definition) is 4. The number of aliphatic imine (C=N–C) groups is 1. The first kappa shape index (κ1) is 21.7. The predicted octanol–water partition coefficient (Wildman–Crippen LogP) is 2.03. The van der Waals surface area contributed by atoms with Crippen molar-refractivity contribution in [1.82, 2.24) is 15.5 Å². The van der Waals surface area contributed by atoms with Crippen molar-refractivity contribution < 1.29 is 8.42 Å². The second kappa shape index (κ2) is 10.7. The van der Waals surface area contributed by atoms with Crippen LogP contribution in [0.5, 0.6) is 0 Å². The molecule has 1 saturated heterocycles. The van der Waals surface area contributed by atoms with Crippen molar-refractivity contribution in [3.8, 4) is 0 Å². The van der Waals surface area contributed by atoms with Crippen molar-refractivity contribution in [2.45, 2.75) is 52.2 Å². The fraction of sp³-hybridized carbons (Fsp3) is 0.650. The van der Waals surface area contributed by atoms with Crippen molar-refractivity contribution in [1.29, 1.82) is 0 Å². The van der Waals surface area contributed by atoms with E-state index in [4.69, 9.17) is 0 Å². The Morgan fingerprint density at radius 3 is 2.63 bits per heavy atom. The molecule has 0 spiro atoms. The highest BCUT2D eigenvalue weighted by molar-refractivity contribution is 7.91. The molecule has 2 unspecified atom stereocenters. The topological polar surface area (TPSA) is 73.8 Å². The Hall–Kier alpha value is -1.60. The van der Waals surface area contributed by atoms with Gasteiger partial charge in [-0.2, -0.15) is 0 Å². The van der Waals surface area contributed by atoms with E-state index in [0.29, 0.717) is 18.6 Å². The van der Waals surface area contributed by atoms with Gasteiger partial charge in [0.15, 0.2) is 15.8 Å². The zero-order chi connectivity index (χ0) is 19.7. The Labute approximate surface area is 164 Å². The number of benzene rings is 1. The van der Waals surface area contributed by atoms with Crippen molar-refractivity contribution in [3.63, 3.8) is 0 Å². The van der Waals surface area contributed by atoms with E-state index in [1.165, 1.54) is 5.56 Å². The summed E-state index contributed by atoms with van der Waals surface area (Å²) in [4.78, 5) is 6.97. The van der Waals surface area contributed by atoms with Gasteiger partial charge in [-0.3, -0.25) is 9.89 Å². The summed E-state index contributed by atoms with van der Waals surface area (Å²) in [5.74, 6) is 0.994. The summed E-state index contributed by atoms with van der Waals surface area (Å²) in [5.41, 5.74) is 1.35. The van der Waals surface area contributed by atoms with Crippen LogP contribution in [0.2, 0.25) is 0 Å². The quantitative estimate of drug-likeness (QED) is 0.521. The number of piperidine rings is 1. The molecule has 1 heterocycles. The monoisotopic (exact) mass is 394 g/mol. The normalized spacial score (nSPS) is 21.8. The van der Waals surface area contributed by atoms with E-state index in [1.807, 2.05) is 6.92 Å². The molecule has 0 saturated carbocycles. The summed E-state index contributed by atoms with van der Waals surface area (Å²) >= 11 is 0. The summed E-state index contributed by atoms with van der Waals surface area (Å²) in [7, 11) is -2.98. The third-order valence-corrected chi connectivity index (χ3v) is 6.72. The average molecular weight is 395 g/mol. The van der Waals surface area contributed by atoms with Gasteiger partial charge in [-0.25, -0.2) is 8.42 Å². The van der Waals surface area contributed by atoms with Crippen molar-refractivity contribution >= 4 is 15.8 Å². The van der Waals surface area contributed by atoms with Gasteiger partial charge < -0.3 is 10.6 Å². The van der Waals surface area contributed by atoms with Crippen LogP contribution in [0.1, 0.15) is 39.2 Å². The first-order chi connectivity index (χ1) is 12.9. The first-order valence-corrected chi connectivity index (χ1v) is 11.8. The fourth-order valence-electron chi connectivity index (χ4n) is 3.36. The van der Waals surface area contributed by atoms with E-state index in [2.05, 4.69) is 57.8 Å². The van der Waals surface area contributed by atoms with Crippen LogP contribution in [0.25, 0.3) is 0 Å². The molecule has 0 radical (unpaired) electrons. The first-order valence-electron chi connectivity index (χ1n) is 9.96. The van der Waals surface area contributed by atoms with Gasteiger partial charge in [0.2, 0.25) is 0 Å². The van der Waals surface area contributed by atoms with Crippen molar-refractivity contribution in [3.05, 3.63) is 35.9 Å². The maximum atomic E-state index is 11.6. The van der Waals surface area contributed by atoms with Gasteiger partial charge in [-0.05, 0) is 32.3 Å². The van der Waals surface area contributed by atoms with E-state index in [-0.39, 0.29) is 11.5 Å². The third kappa shape index (κ3) is 7.50. The predicted molar refractivity (Wildman–Crippen MR) is 113 cm³/mol. The Balaban J connectivity index is 1.86. The van der Waals surface area contributed by atoms with Gasteiger partial charge >= 0.3 is 0 Å². The van der Waals surface area contributed by atoms with Crippen LogP contribution in [0.4, 0.5) is 0 Å². The van der Waals surface area contributed by atoms with Crippen LogP contribution in [-0.4, -0.2) is 62.5 Å². The molecule has 1 fully saturated rings. The van der Waals surface area contributed by atoms with E-state index in [1.54, 1.807) is 6.92 Å². The number of likely N-dealkylation sites (tertiary alicyclic amines) is 1. The van der Waals surface area contributed by atoms with Gasteiger partial charge in [0.25, 0.3) is 0 Å². The molecular weight excluding hydrogens is 360 g/mol. The van der Waals surface area contributed by atoms with E-state index in [9.17, 15) is 8.42 Å². The van der Waals surface area contributed by atoms with Gasteiger partial charge in [-0.15, -0.1) is 0 Å². The number of sulfone groups is 1. The minimum Gasteiger partial charge on any atom is -0.357 e. The number of nitrogens with one attached hydrogen (secondary N) is 2. The molecule has 1 aromatic rings. The second-order valence-corrected chi connectivity index (χ2v) is 9.64. The molecule has 6 nitrogen and oxygen atoms in total. The highest BCUT2D eigenvalue weighted by Crippen LogP contribution is 2.19. The van der Waals surface area contributed by atoms with Crippen molar-refractivity contribution in [2.24, 2.45) is 4.99 Å². The molecule has 2 rings (SSSR count). The van der Waals surface area contributed by atoms with Crippen molar-refractivity contribution in [2.75, 3.05) is 31.1 Å². The SMILES string of the molecule is CCNC(=NCCS(=O)(=O)CC)NC1CCN(Cc2ccccc2)C(C)C1. The molecule has 2 N–H and O–H groups in total. The lowest BCUT2D eigenvalue weighted by Gasteiger charge is -2.38. The zero-order valence-electron chi connectivity index (χ0n) is 16.8. The highest BCUT2D eigenvalue weighted by Gasteiger charge is 2.26. The third-order valence-electron chi connectivity index (χ3n) is 5.04. The molecule has 1 aliphatic heterocycles. The molecule has 7 heteroatoms. The molecule has 152 valence electrons. The van der Waals surface area contributed by atoms with Gasteiger partial charge in [0, 0.05) is 37.5 Å². The van der Waals surface area contributed by atoms with Crippen LogP contribution in [0, 0.1) is 0 Å². The maximum absolute atomic E-state index is 11.6. The van der Waals surface area contributed by atoms with Crippen LogP contribution >= 0.6 is 0 Å². The number of rotatable bonds is 8. The Morgan fingerprint density at radius 1 is 1.26 bits per heavy atom. The van der Waals surface area contributed by atoms with Crippen LogP contribution in [0.3, 0.4) is 0 Å². The van der Waals surface area contributed by atoms with E-state index >= 15 is 0 Å². The highest BCUT2D eigenvalue weighted by atomic mass is 32.2.